The fourth-order valence-electron chi connectivity index (χ4n) is 2.82. The third-order valence-corrected chi connectivity index (χ3v) is 5.75. The van der Waals surface area contributed by atoms with Crippen molar-refractivity contribution >= 4 is 21.7 Å². The van der Waals surface area contributed by atoms with E-state index in [0.717, 1.165) is 0 Å². The summed E-state index contributed by atoms with van der Waals surface area (Å²) in [4.78, 5) is 28.1. The molecule has 8 heteroatoms. The molecule has 134 valence electrons. The van der Waals surface area contributed by atoms with Crippen LogP contribution < -0.4 is 0 Å². The van der Waals surface area contributed by atoms with Gasteiger partial charge in [-0.2, -0.15) is 0 Å². The molecule has 0 bridgehead atoms. The number of likely N-dealkylation sites (N-methyl/N-ethyl adjacent to an activating group) is 1. The second kappa shape index (κ2) is 7.61. The Morgan fingerprint density at radius 3 is 2.22 bits per heavy atom. The molecule has 23 heavy (non-hydrogen) atoms. The predicted octanol–water partition coefficient (Wildman–Crippen LogP) is 0.296. The van der Waals surface area contributed by atoms with Gasteiger partial charge in [0.15, 0.2) is 9.84 Å². The molecule has 1 saturated heterocycles. The first kappa shape index (κ1) is 19.9. The molecule has 1 aliphatic rings. The van der Waals surface area contributed by atoms with Gasteiger partial charge in [-0.15, -0.1) is 0 Å². The van der Waals surface area contributed by atoms with Gasteiger partial charge in [0.2, 0.25) is 0 Å². The second-order valence-corrected chi connectivity index (χ2v) is 9.00. The number of amides is 2. The van der Waals surface area contributed by atoms with E-state index in [4.69, 9.17) is 4.74 Å². The van der Waals surface area contributed by atoms with Crippen LogP contribution in [0.4, 0.5) is 0 Å². The maximum Gasteiger partial charge on any atom is 0.312 e. The summed E-state index contributed by atoms with van der Waals surface area (Å²) in [6, 6.07) is -0.453. The lowest BCUT2D eigenvalue weighted by atomic mass is 10.1. The lowest BCUT2D eigenvalue weighted by Crippen LogP contribution is -2.55. The Labute approximate surface area is 138 Å². The van der Waals surface area contributed by atoms with Crippen molar-refractivity contribution in [2.75, 3.05) is 38.3 Å². The van der Waals surface area contributed by atoms with Crippen molar-refractivity contribution < 1.29 is 22.7 Å². The molecular weight excluding hydrogens is 320 g/mol. The predicted molar refractivity (Wildman–Crippen MR) is 87.8 cm³/mol. The van der Waals surface area contributed by atoms with E-state index in [-0.39, 0.29) is 24.7 Å². The van der Waals surface area contributed by atoms with Crippen molar-refractivity contribution in [3.63, 3.8) is 0 Å². The zero-order chi connectivity index (χ0) is 17.8. The third-order valence-electron chi connectivity index (χ3n) is 4.00. The summed E-state index contributed by atoms with van der Waals surface area (Å²) < 4.78 is 28.4. The van der Waals surface area contributed by atoms with Gasteiger partial charge in [-0.25, -0.2) is 8.42 Å². The fourth-order valence-corrected chi connectivity index (χ4v) is 4.55. The first-order valence-corrected chi connectivity index (χ1v) is 9.67. The summed E-state index contributed by atoms with van der Waals surface area (Å²) in [5.74, 6) is -1.28. The number of methoxy groups -OCH3 is 1. The van der Waals surface area contributed by atoms with Gasteiger partial charge in [0.25, 0.3) is 0 Å². The van der Waals surface area contributed by atoms with Crippen molar-refractivity contribution in [3.05, 3.63) is 0 Å². The van der Waals surface area contributed by atoms with Crippen LogP contribution in [0.2, 0.25) is 0 Å². The minimum Gasteiger partial charge on any atom is -0.383 e. The number of carbonyl (C=O) groups is 2. The van der Waals surface area contributed by atoms with E-state index >= 15 is 0 Å². The standard InChI is InChI=1S/C15H28N2O5S/c1-6-17(15(2,3)4)14(19)13(18)16(8-9-22-5)12-7-10-23(20,21)11-12/h12H,6-11H2,1-5H3. The Balaban J connectivity index is 2.97. The Morgan fingerprint density at radius 1 is 1.22 bits per heavy atom. The molecule has 1 rings (SSSR count). The Morgan fingerprint density at radius 2 is 1.83 bits per heavy atom. The van der Waals surface area contributed by atoms with Crippen LogP contribution in [0.15, 0.2) is 0 Å². The number of nitrogens with zero attached hydrogens (tertiary/aromatic N) is 2. The molecule has 1 heterocycles. The summed E-state index contributed by atoms with van der Waals surface area (Å²) >= 11 is 0. The lowest BCUT2D eigenvalue weighted by molar-refractivity contribution is -0.156. The summed E-state index contributed by atoms with van der Waals surface area (Å²) in [6.07, 6.45) is 0.368. The molecule has 0 aliphatic carbocycles. The lowest BCUT2D eigenvalue weighted by Gasteiger charge is -2.36. The number of ether oxygens (including phenoxy) is 1. The Bertz CT molecular complexity index is 539. The third kappa shape index (κ3) is 5.17. The monoisotopic (exact) mass is 348 g/mol. The normalized spacial score (nSPS) is 20.3. The van der Waals surface area contributed by atoms with Crippen LogP contribution in [0.5, 0.6) is 0 Å². The SMILES string of the molecule is CCN(C(=O)C(=O)N(CCOC)C1CCS(=O)(=O)C1)C(C)(C)C. The molecule has 1 aliphatic heterocycles. The highest BCUT2D eigenvalue weighted by Crippen LogP contribution is 2.20. The quantitative estimate of drug-likeness (QED) is 0.667. The second-order valence-electron chi connectivity index (χ2n) is 6.77. The minimum absolute atomic E-state index is 0.0549. The van der Waals surface area contributed by atoms with E-state index in [1.54, 1.807) is 0 Å². The number of rotatable bonds is 5. The molecule has 0 saturated carbocycles. The van der Waals surface area contributed by atoms with E-state index < -0.39 is 33.2 Å². The molecule has 2 amide bonds. The molecule has 0 radical (unpaired) electrons. The first-order valence-electron chi connectivity index (χ1n) is 7.85. The van der Waals surface area contributed by atoms with Gasteiger partial charge in [0, 0.05) is 31.8 Å². The van der Waals surface area contributed by atoms with Gasteiger partial charge < -0.3 is 14.5 Å². The molecule has 1 fully saturated rings. The van der Waals surface area contributed by atoms with Crippen LogP contribution in [0.1, 0.15) is 34.1 Å². The van der Waals surface area contributed by atoms with Gasteiger partial charge >= 0.3 is 11.8 Å². The van der Waals surface area contributed by atoms with Crippen molar-refractivity contribution in [2.24, 2.45) is 0 Å². The highest BCUT2D eigenvalue weighted by molar-refractivity contribution is 7.91. The summed E-state index contributed by atoms with van der Waals surface area (Å²) in [7, 11) is -1.64. The van der Waals surface area contributed by atoms with Gasteiger partial charge in [0.05, 0.1) is 18.1 Å². The molecular formula is C15H28N2O5S. The Hall–Kier alpha value is -1.15. The zero-order valence-electron chi connectivity index (χ0n) is 14.7. The van der Waals surface area contributed by atoms with Crippen LogP contribution in [0.25, 0.3) is 0 Å². The molecule has 7 nitrogen and oxygen atoms in total. The molecule has 1 atom stereocenters. The van der Waals surface area contributed by atoms with Crippen LogP contribution >= 0.6 is 0 Å². The molecule has 0 aromatic carbocycles. The van der Waals surface area contributed by atoms with E-state index in [1.165, 1.54) is 16.9 Å². The highest BCUT2D eigenvalue weighted by Gasteiger charge is 2.39. The van der Waals surface area contributed by atoms with E-state index in [2.05, 4.69) is 0 Å². The zero-order valence-corrected chi connectivity index (χ0v) is 15.5. The van der Waals surface area contributed by atoms with Crippen molar-refractivity contribution in [3.8, 4) is 0 Å². The van der Waals surface area contributed by atoms with Crippen molar-refractivity contribution in [1.82, 2.24) is 9.80 Å². The average molecular weight is 348 g/mol. The first-order chi connectivity index (χ1) is 10.5. The van der Waals surface area contributed by atoms with Gasteiger partial charge in [-0.1, -0.05) is 0 Å². The number of hydrogen-bond acceptors (Lipinski definition) is 5. The molecule has 0 N–H and O–H groups in total. The minimum atomic E-state index is -3.14. The smallest absolute Gasteiger partial charge is 0.312 e. The molecule has 0 spiro atoms. The molecule has 1 unspecified atom stereocenters. The number of hydrogen-bond donors (Lipinski definition) is 0. The van der Waals surface area contributed by atoms with Crippen molar-refractivity contribution in [1.29, 1.82) is 0 Å². The molecule has 0 aromatic heterocycles. The fraction of sp³-hybridized carbons (Fsp3) is 0.867. The number of sulfone groups is 1. The van der Waals surface area contributed by atoms with E-state index in [0.29, 0.717) is 13.0 Å². The largest absolute Gasteiger partial charge is 0.383 e. The highest BCUT2D eigenvalue weighted by atomic mass is 32.2. The maximum absolute atomic E-state index is 12.7. The van der Waals surface area contributed by atoms with Gasteiger partial charge in [-0.3, -0.25) is 9.59 Å². The topological polar surface area (TPSA) is 84.0 Å². The van der Waals surface area contributed by atoms with E-state index in [9.17, 15) is 18.0 Å². The maximum atomic E-state index is 12.7. The van der Waals surface area contributed by atoms with Gasteiger partial charge in [0.1, 0.15) is 0 Å². The van der Waals surface area contributed by atoms with Crippen LogP contribution in [0, 0.1) is 0 Å². The Kier molecular flexibility index (Phi) is 6.59. The summed E-state index contributed by atoms with van der Waals surface area (Å²) in [5.41, 5.74) is -0.476. The van der Waals surface area contributed by atoms with Crippen LogP contribution in [-0.4, -0.2) is 79.9 Å². The average Bonchev–Trinajstić information content (AvgIpc) is 2.78. The van der Waals surface area contributed by atoms with Gasteiger partial charge in [-0.05, 0) is 34.1 Å². The summed E-state index contributed by atoms with van der Waals surface area (Å²) in [5, 5.41) is 0. The van der Waals surface area contributed by atoms with Crippen LogP contribution in [0.3, 0.4) is 0 Å². The van der Waals surface area contributed by atoms with Crippen molar-refractivity contribution in [2.45, 2.75) is 45.7 Å². The summed E-state index contributed by atoms with van der Waals surface area (Å²) in [6.45, 7) is 8.29. The number of carbonyl (C=O) groups excluding carboxylic acids is 2. The molecule has 0 aromatic rings. The van der Waals surface area contributed by atoms with E-state index in [1.807, 2.05) is 27.7 Å². The van der Waals surface area contributed by atoms with Crippen LogP contribution in [-0.2, 0) is 24.2 Å².